The molecular weight excluding hydrogens is 394 g/mol. The SMILES string of the molecule is COC(=O)C[C@H](c1ccc(O)c(OC)c1)c1oc(CN2CCOCC2)cc(=O)c1O. The molecule has 2 heterocycles. The number of esters is 1. The molecule has 0 radical (unpaired) electrons. The van der Waals surface area contributed by atoms with Crippen LogP contribution in [0.1, 0.15) is 29.4 Å². The van der Waals surface area contributed by atoms with Crippen molar-refractivity contribution in [3.63, 3.8) is 0 Å². The van der Waals surface area contributed by atoms with Crippen molar-refractivity contribution in [1.29, 1.82) is 0 Å². The molecule has 9 nitrogen and oxygen atoms in total. The normalized spacial score (nSPS) is 15.5. The quantitative estimate of drug-likeness (QED) is 0.645. The van der Waals surface area contributed by atoms with Crippen molar-refractivity contribution in [2.45, 2.75) is 18.9 Å². The molecule has 1 saturated heterocycles. The monoisotopic (exact) mass is 419 g/mol. The van der Waals surface area contributed by atoms with Gasteiger partial charge in [0.25, 0.3) is 0 Å². The Hall–Kier alpha value is -3.04. The number of rotatable bonds is 7. The molecule has 1 aromatic heterocycles. The van der Waals surface area contributed by atoms with E-state index in [1.54, 1.807) is 6.07 Å². The lowest BCUT2D eigenvalue weighted by molar-refractivity contribution is -0.140. The number of hydrogen-bond donors (Lipinski definition) is 2. The number of phenolic OH excluding ortho intramolecular Hbond substituents is 1. The summed E-state index contributed by atoms with van der Waals surface area (Å²) >= 11 is 0. The van der Waals surface area contributed by atoms with Crippen LogP contribution in [0.4, 0.5) is 0 Å². The van der Waals surface area contributed by atoms with Crippen LogP contribution in [-0.4, -0.2) is 61.6 Å². The number of benzene rings is 1. The maximum atomic E-state index is 12.4. The predicted octanol–water partition coefficient (Wildman–Crippen LogP) is 1.59. The van der Waals surface area contributed by atoms with Crippen LogP contribution < -0.4 is 10.2 Å². The van der Waals surface area contributed by atoms with Crippen molar-refractivity contribution < 1.29 is 33.6 Å². The first kappa shape index (κ1) is 21.7. The van der Waals surface area contributed by atoms with E-state index in [1.807, 2.05) is 0 Å². The van der Waals surface area contributed by atoms with Crippen molar-refractivity contribution in [3.05, 3.63) is 51.6 Å². The van der Waals surface area contributed by atoms with Gasteiger partial charge < -0.3 is 28.8 Å². The largest absolute Gasteiger partial charge is 0.504 e. The van der Waals surface area contributed by atoms with Crippen molar-refractivity contribution in [3.8, 4) is 17.2 Å². The van der Waals surface area contributed by atoms with Gasteiger partial charge in [-0.1, -0.05) is 6.07 Å². The minimum atomic E-state index is -0.815. The van der Waals surface area contributed by atoms with Gasteiger partial charge in [-0.2, -0.15) is 0 Å². The molecule has 2 N–H and O–H groups in total. The van der Waals surface area contributed by atoms with Gasteiger partial charge in [0, 0.05) is 19.2 Å². The summed E-state index contributed by atoms with van der Waals surface area (Å²) in [5, 5.41) is 20.3. The van der Waals surface area contributed by atoms with Gasteiger partial charge in [-0.15, -0.1) is 0 Å². The minimum Gasteiger partial charge on any atom is -0.504 e. The van der Waals surface area contributed by atoms with E-state index in [0.717, 1.165) is 0 Å². The summed E-state index contributed by atoms with van der Waals surface area (Å²) in [5.41, 5.74) is -0.0860. The molecule has 30 heavy (non-hydrogen) atoms. The van der Waals surface area contributed by atoms with Crippen LogP contribution in [0.25, 0.3) is 0 Å². The number of hydrogen-bond acceptors (Lipinski definition) is 9. The summed E-state index contributed by atoms with van der Waals surface area (Å²) in [7, 11) is 2.65. The van der Waals surface area contributed by atoms with E-state index in [0.29, 0.717) is 44.2 Å². The molecule has 1 aromatic carbocycles. The lowest BCUT2D eigenvalue weighted by atomic mass is 9.92. The minimum absolute atomic E-state index is 0.0381. The molecule has 1 aliphatic heterocycles. The second kappa shape index (κ2) is 9.64. The van der Waals surface area contributed by atoms with Crippen molar-refractivity contribution in [2.24, 2.45) is 0 Å². The first-order valence-corrected chi connectivity index (χ1v) is 9.52. The van der Waals surface area contributed by atoms with Gasteiger partial charge in [-0.25, -0.2) is 0 Å². The highest BCUT2D eigenvalue weighted by Gasteiger charge is 2.28. The molecule has 0 spiro atoms. The molecule has 0 aliphatic carbocycles. The van der Waals surface area contributed by atoms with E-state index in [-0.39, 0.29) is 23.7 Å². The number of ether oxygens (including phenoxy) is 3. The molecule has 0 amide bonds. The standard InChI is InChI=1S/C21H25NO8/c1-27-18-9-13(3-4-16(18)23)15(11-19(25)28-2)21-20(26)17(24)10-14(30-21)12-22-5-7-29-8-6-22/h3-4,9-10,15,23,26H,5-8,11-12H2,1-2H3/t15-/m1/s1. The summed E-state index contributed by atoms with van der Waals surface area (Å²) in [6, 6.07) is 5.75. The third-order valence-electron chi connectivity index (χ3n) is 5.00. The van der Waals surface area contributed by atoms with Crippen molar-refractivity contribution in [2.75, 3.05) is 40.5 Å². The summed E-state index contributed by atoms with van der Waals surface area (Å²) in [5.74, 6) is -1.49. The fourth-order valence-corrected chi connectivity index (χ4v) is 3.37. The molecular formula is C21H25NO8. The number of carbonyl (C=O) groups excluding carboxylic acids is 1. The van der Waals surface area contributed by atoms with Gasteiger partial charge >= 0.3 is 5.97 Å². The Morgan fingerprint density at radius 3 is 2.60 bits per heavy atom. The summed E-state index contributed by atoms with van der Waals surface area (Å²) < 4.78 is 21.2. The van der Waals surface area contributed by atoms with Gasteiger partial charge in [0.1, 0.15) is 5.76 Å². The molecule has 0 saturated carbocycles. The zero-order chi connectivity index (χ0) is 21.7. The van der Waals surface area contributed by atoms with Gasteiger partial charge in [0.15, 0.2) is 17.3 Å². The second-order valence-electron chi connectivity index (χ2n) is 6.94. The van der Waals surface area contributed by atoms with Gasteiger partial charge in [-0.05, 0) is 17.7 Å². The van der Waals surface area contributed by atoms with Crippen molar-refractivity contribution in [1.82, 2.24) is 4.90 Å². The van der Waals surface area contributed by atoms with E-state index in [2.05, 4.69) is 4.90 Å². The Labute approximate surface area is 173 Å². The average Bonchev–Trinajstić information content (AvgIpc) is 2.75. The summed E-state index contributed by atoms with van der Waals surface area (Å²) in [6.45, 7) is 2.94. The van der Waals surface area contributed by atoms with Crippen LogP contribution in [0.2, 0.25) is 0 Å². The van der Waals surface area contributed by atoms with E-state index in [4.69, 9.17) is 18.6 Å². The molecule has 162 valence electrons. The Bertz CT molecular complexity index is 949. The maximum Gasteiger partial charge on any atom is 0.306 e. The van der Waals surface area contributed by atoms with Crippen LogP contribution in [-0.2, 0) is 20.8 Å². The number of morpholine rings is 1. The number of nitrogens with zero attached hydrogens (tertiary/aromatic N) is 1. The van der Waals surface area contributed by atoms with E-state index in [1.165, 1.54) is 32.4 Å². The number of methoxy groups -OCH3 is 2. The highest BCUT2D eigenvalue weighted by atomic mass is 16.5. The van der Waals surface area contributed by atoms with Gasteiger partial charge in [0.2, 0.25) is 11.2 Å². The first-order valence-electron chi connectivity index (χ1n) is 9.52. The third kappa shape index (κ3) is 4.92. The zero-order valence-corrected chi connectivity index (χ0v) is 16.9. The number of phenols is 1. The van der Waals surface area contributed by atoms with Crippen LogP contribution in [0.5, 0.6) is 17.2 Å². The van der Waals surface area contributed by atoms with Crippen LogP contribution >= 0.6 is 0 Å². The molecule has 1 aliphatic rings. The van der Waals surface area contributed by atoms with Gasteiger partial charge in [-0.3, -0.25) is 14.5 Å². The van der Waals surface area contributed by atoms with E-state index >= 15 is 0 Å². The topological polar surface area (TPSA) is 119 Å². The lowest BCUT2D eigenvalue weighted by Crippen LogP contribution is -2.35. The van der Waals surface area contributed by atoms with Crippen LogP contribution in [0, 0.1) is 0 Å². The smallest absolute Gasteiger partial charge is 0.306 e. The molecule has 3 rings (SSSR count). The Morgan fingerprint density at radius 1 is 1.20 bits per heavy atom. The third-order valence-corrected chi connectivity index (χ3v) is 5.00. The highest BCUT2D eigenvalue weighted by molar-refractivity contribution is 5.71. The summed E-state index contributed by atoms with van der Waals surface area (Å²) in [4.78, 5) is 26.6. The number of aromatic hydroxyl groups is 2. The fourth-order valence-electron chi connectivity index (χ4n) is 3.37. The predicted molar refractivity (Wildman–Crippen MR) is 106 cm³/mol. The highest BCUT2D eigenvalue weighted by Crippen LogP contribution is 2.37. The number of carbonyl (C=O) groups is 1. The Balaban J connectivity index is 2.03. The lowest BCUT2D eigenvalue weighted by Gasteiger charge is -2.26. The second-order valence-corrected chi connectivity index (χ2v) is 6.94. The maximum absolute atomic E-state index is 12.4. The van der Waals surface area contributed by atoms with E-state index in [9.17, 15) is 19.8 Å². The summed E-state index contributed by atoms with van der Waals surface area (Å²) in [6.07, 6.45) is -0.179. The molecule has 1 fully saturated rings. The first-order chi connectivity index (χ1) is 14.4. The van der Waals surface area contributed by atoms with Crippen LogP contribution in [0.3, 0.4) is 0 Å². The zero-order valence-electron chi connectivity index (χ0n) is 16.9. The van der Waals surface area contributed by atoms with E-state index < -0.39 is 23.1 Å². The molecule has 9 heteroatoms. The van der Waals surface area contributed by atoms with Crippen LogP contribution in [0.15, 0.2) is 33.5 Å². The molecule has 0 bridgehead atoms. The Morgan fingerprint density at radius 2 is 1.93 bits per heavy atom. The Kier molecular flexibility index (Phi) is 6.96. The average molecular weight is 419 g/mol. The molecule has 1 atom stereocenters. The molecule has 0 unspecified atom stereocenters. The van der Waals surface area contributed by atoms with Gasteiger partial charge in [0.05, 0.1) is 46.3 Å². The van der Waals surface area contributed by atoms with Crippen molar-refractivity contribution >= 4 is 5.97 Å². The molecule has 2 aromatic rings. The fraction of sp³-hybridized carbons (Fsp3) is 0.429.